The first-order valence-corrected chi connectivity index (χ1v) is 8.13. The van der Waals surface area contributed by atoms with Gasteiger partial charge in [-0.05, 0) is 18.2 Å². The van der Waals surface area contributed by atoms with Gasteiger partial charge in [-0.25, -0.2) is 4.79 Å². The second-order valence-electron chi connectivity index (χ2n) is 5.97. The zero-order valence-electron chi connectivity index (χ0n) is 12.7. The summed E-state index contributed by atoms with van der Waals surface area (Å²) in [5.41, 5.74) is 0.809. The van der Waals surface area contributed by atoms with E-state index in [-0.39, 0.29) is 23.1 Å². The fraction of sp³-hybridized carbons (Fsp3) is 0.375. The van der Waals surface area contributed by atoms with E-state index in [4.69, 9.17) is 9.47 Å². The van der Waals surface area contributed by atoms with Crippen molar-refractivity contribution in [3.63, 3.8) is 0 Å². The van der Waals surface area contributed by atoms with Crippen LogP contribution in [0.2, 0.25) is 0 Å². The Balaban J connectivity index is 2.05. The Morgan fingerprint density at radius 3 is 2.65 bits per heavy atom. The molecule has 120 valence electrons. The van der Waals surface area contributed by atoms with Crippen LogP contribution in [0.5, 0.6) is 11.6 Å². The summed E-state index contributed by atoms with van der Waals surface area (Å²) in [4.78, 5) is 24.9. The van der Waals surface area contributed by atoms with E-state index in [1.807, 2.05) is 18.2 Å². The van der Waals surface area contributed by atoms with Crippen LogP contribution >= 0.6 is 15.9 Å². The van der Waals surface area contributed by atoms with Crippen molar-refractivity contribution in [3.8, 4) is 11.6 Å². The van der Waals surface area contributed by atoms with Gasteiger partial charge in [0, 0.05) is 36.0 Å². The average Bonchev–Trinajstić information content (AvgIpc) is 2.56. The number of ether oxygens (including phenoxy) is 2. The normalized spacial score (nSPS) is 21.5. The van der Waals surface area contributed by atoms with Gasteiger partial charge in [-0.1, -0.05) is 15.9 Å². The van der Waals surface area contributed by atoms with Crippen LogP contribution < -0.4 is 20.7 Å². The molecule has 0 amide bonds. The fourth-order valence-corrected chi connectivity index (χ4v) is 3.83. The lowest BCUT2D eigenvalue weighted by molar-refractivity contribution is 0.116. The summed E-state index contributed by atoms with van der Waals surface area (Å²) in [6.45, 7) is 0.912. The number of fused-ring (bicyclic) bond motifs is 5. The van der Waals surface area contributed by atoms with Crippen LogP contribution in [0.15, 0.2) is 32.3 Å². The number of hydrogen-bond acceptors (Lipinski definition) is 4. The molecule has 7 heteroatoms. The van der Waals surface area contributed by atoms with Gasteiger partial charge in [0.15, 0.2) is 0 Å². The molecule has 1 aromatic heterocycles. The Hall–Kier alpha value is -2.02. The van der Waals surface area contributed by atoms with E-state index in [1.54, 1.807) is 7.05 Å². The highest BCUT2D eigenvalue weighted by atomic mass is 79.9. The maximum Gasteiger partial charge on any atom is 0.333 e. The Morgan fingerprint density at radius 1 is 1.13 bits per heavy atom. The predicted octanol–water partition coefficient (Wildman–Crippen LogP) is 1.38. The Bertz CT molecular complexity index is 931. The molecule has 0 fully saturated rings. The molecule has 3 heterocycles. The van der Waals surface area contributed by atoms with Crippen LogP contribution in [-0.4, -0.2) is 22.3 Å². The van der Waals surface area contributed by atoms with Gasteiger partial charge in [-0.3, -0.25) is 13.9 Å². The van der Waals surface area contributed by atoms with Gasteiger partial charge in [0.25, 0.3) is 5.56 Å². The van der Waals surface area contributed by atoms with Crippen molar-refractivity contribution in [1.82, 2.24) is 9.13 Å². The third-order valence-corrected chi connectivity index (χ3v) is 5.11. The summed E-state index contributed by atoms with van der Waals surface area (Å²) >= 11 is 3.48. The van der Waals surface area contributed by atoms with Crippen LogP contribution in [0.1, 0.15) is 17.0 Å². The maximum atomic E-state index is 12.8. The van der Waals surface area contributed by atoms with Gasteiger partial charge in [0.2, 0.25) is 5.88 Å². The number of halogens is 1. The molecule has 0 bridgehead atoms. The molecule has 0 saturated heterocycles. The summed E-state index contributed by atoms with van der Waals surface area (Å²) in [5, 5.41) is 0. The van der Waals surface area contributed by atoms with Crippen LogP contribution in [-0.2, 0) is 14.1 Å². The van der Waals surface area contributed by atoms with Crippen molar-refractivity contribution < 1.29 is 9.47 Å². The molecule has 1 aromatic carbocycles. The average molecular weight is 379 g/mol. The summed E-state index contributed by atoms with van der Waals surface area (Å²) in [5.74, 6) is 1.06. The van der Waals surface area contributed by atoms with E-state index in [0.717, 1.165) is 20.4 Å². The molecule has 2 aliphatic heterocycles. The molecule has 2 aromatic rings. The van der Waals surface area contributed by atoms with Gasteiger partial charge >= 0.3 is 5.69 Å². The highest BCUT2D eigenvalue weighted by Gasteiger charge is 2.41. The van der Waals surface area contributed by atoms with Crippen LogP contribution in [0, 0.1) is 5.92 Å². The summed E-state index contributed by atoms with van der Waals surface area (Å²) < 4.78 is 15.0. The summed E-state index contributed by atoms with van der Waals surface area (Å²) in [6, 6.07) is 5.79. The highest BCUT2D eigenvalue weighted by Crippen LogP contribution is 2.46. The van der Waals surface area contributed by atoms with Crippen LogP contribution in [0.3, 0.4) is 0 Å². The van der Waals surface area contributed by atoms with Gasteiger partial charge in [-0.2, -0.15) is 0 Å². The van der Waals surface area contributed by atoms with Gasteiger partial charge in [0.1, 0.15) is 5.75 Å². The van der Waals surface area contributed by atoms with E-state index in [1.165, 1.54) is 11.6 Å². The fourth-order valence-electron chi connectivity index (χ4n) is 3.45. The van der Waals surface area contributed by atoms with Gasteiger partial charge < -0.3 is 9.47 Å². The van der Waals surface area contributed by atoms with Crippen LogP contribution in [0.4, 0.5) is 0 Å². The van der Waals surface area contributed by atoms with Gasteiger partial charge in [0.05, 0.1) is 18.8 Å². The van der Waals surface area contributed by atoms with Crippen molar-refractivity contribution in [3.05, 3.63) is 54.6 Å². The standard InChI is InChI=1S/C16H15BrN2O4/c1-18-14(20)13-12-8(7-23-15(13)19(2)16(18)21)6-22-11-4-3-9(17)5-10(11)12/h3-5,8,12H,6-7H2,1-2H3/t8-,12+/m0/s1. The quantitative estimate of drug-likeness (QED) is 0.694. The SMILES string of the molecule is Cn1c2c(c(=O)n(C)c1=O)[C@H]1c3cc(Br)ccc3OC[C@H]1CO2. The molecular weight excluding hydrogens is 364 g/mol. The minimum atomic E-state index is -0.381. The molecule has 4 rings (SSSR count). The maximum absolute atomic E-state index is 12.8. The first-order chi connectivity index (χ1) is 11.0. The minimum absolute atomic E-state index is 0.0505. The lowest BCUT2D eigenvalue weighted by Gasteiger charge is -2.38. The highest BCUT2D eigenvalue weighted by molar-refractivity contribution is 9.10. The molecule has 6 nitrogen and oxygen atoms in total. The number of nitrogens with zero attached hydrogens (tertiary/aromatic N) is 2. The molecule has 0 N–H and O–H groups in total. The number of hydrogen-bond donors (Lipinski definition) is 0. The molecule has 0 saturated carbocycles. The number of rotatable bonds is 0. The third kappa shape index (κ3) is 1.99. The predicted molar refractivity (Wildman–Crippen MR) is 87.4 cm³/mol. The smallest absolute Gasteiger partial charge is 0.333 e. The number of aromatic nitrogens is 2. The van der Waals surface area contributed by atoms with E-state index >= 15 is 0 Å². The zero-order chi connectivity index (χ0) is 16.3. The van der Waals surface area contributed by atoms with E-state index in [0.29, 0.717) is 24.7 Å². The van der Waals surface area contributed by atoms with Crippen molar-refractivity contribution in [2.45, 2.75) is 5.92 Å². The van der Waals surface area contributed by atoms with E-state index in [2.05, 4.69) is 15.9 Å². The molecule has 23 heavy (non-hydrogen) atoms. The van der Waals surface area contributed by atoms with Crippen LogP contribution in [0.25, 0.3) is 0 Å². The monoisotopic (exact) mass is 378 g/mol. The van der Waals surface area contributed by atoms with E-state index in [9.17, 15) is 9.59 Å². The lowest BCUT2D eigenvalue weighted by atomic mass is 9.79. The molecule has 0 radical (unpaired) electrons. The second-order valence-corrected chi connectivity index (χ2v) is 6.88. The van der Waals surface area contributed by atoms with Crippen molar-refractivity contribution in [2.75, 3.05) is 13.2 Å². The van der Waals surface area contributed by atoms with Crippen molar-refractivity contribution in [1.29, 1.82) is 0 Å². The Kier molecular flexibility index (Phi) is 3.16. The molecule has 0 aliphatic carbocycles. The van der Waals surface area contributed by atoms with E-state index < -0.39 is 0 Å². The molecule has 0 spiro atoms. The molecule has 0 unspecified atom stereocenters. The zero-order valence-corrected chi connectivity index (χ0v) is 14.3. The first-order valence-electron chi connectivity index (χ1n) is 7.34. The second kappa shape index (κ2) is 4.99. The van der Waals surface area contributed by atoms with Gasteiger partial charge in [-0.15, -0.1) is 0 Å². The number of benzene rings is 1. The Morgan fingerprint density at radius 2 is 1.87 bits per heavy atom. The summed E-state index contributed by atoms with van der Waals surface area (Å²) in [6.07, 6.45) is 0. The Labute approximate surface area is 140 Å². The molecular formula is C16H15BrN2O4. The summed E-state index contributed by atoms with van der Waals surface area (Å²) in [7, 11) is 3.12. The lowest BCUT2D eigenvalue weighted by Crippen LogP contribution is -2.46. The van der Waals surface area contributed by atoms with Crippen molar-refractivity contribution in [2.24, 2.45) is 20.0 Å². The molecule has 2 atom stereocenters. The topological polar surface area (TPSA) is 62.5 Å². The molecule has 2 aliphatic rings. The minimum Gasteiger partial charge on any atom is -0.493 e. The van der Waals surface area contributed by atoms with Crippen molar-refractivity contribution >= 4 is 15.9 Å². The third-order valence-electron chi connectivity index (χ3n) is 4.62. The largest absolute Gasteiger partial charge is 0.493 e. The first kappa shape index (κ1) is 14.6.